The number of benzene rings is 2. The van der Waals surface area contributed by atoms with E-state index in [1.54, 1.807) is 0 Å². The van der Waals surface area contributed by atoms with Gasteiger partial charge in [-0.2, -0.15) is 5.10 Å². The van der Waals surface area contributed by atoms with Crippen LogP contribution in [0.2, 0.25) is 0 Å². The summed E-state index contributed by atoms with van der Waals surface area (Å²) in [6.45, 7) is 5.21. The van der Waals surface area contributed by atoms with E-state index in [9.17, 15) is 8.78 Å². The first-order chi connectivity index (χ1) is 15.7. The molecule has 0 N–H and O–H groups in total. The van der Waals surface area contributed by atoms with Gasteiger partial charge in [-0.3, -0.25) is 4.68 Å². The van der Waals surface area contributed by atoms with Gasteiger partial charge in [0.25, 0.3) is 0 Å². The number of fused-ring (bicyclic) bond motifs is 1. The number of hydrogen-bond acceptors (Lipinski definition) is 4. The van der Waals surface area contributed by atoms with Crippen LogP contribution >= 0.6 is 0 Å². The van der Waals surface area contributed by atoms with Crippen LogP contribution in [0.1, 0.15) is 18.4 Å². The number of allylic oxidation sites excluding steroid dienone is 1. The van der Waals surface area contributed by atoms with Crippen molar-refractivity contribution in [2.24, 2.45) is 0 Å². The monoisotopic (exact) mass is 436 g/mol. The van der Waals surface area contributed by atoms with Crippen LogP contribution in [0.5, 0.6) is 0 Å². The molecule has 2 aliphatic heterocycles. The Morgan fingerprint density at radius 3 is 2.62 bits per heavy atom. The van der Waals surface area contributed by atoms with Crippen molar-refractivity contribution < 1.29 is 13.5 Å². The lowest BCUT2D eigenvalue weighted by atomic mass is 10.2. The number of halogens is 2. The molecule has 5 rings (SSSR count). The highest BCUT2D eigenvalue weighted by Crippen LogP contribution is 2.25. The third-order valence-electron chi connectivity index (χ3n) is 6.08. The Bertz CT molecular complexity index is 1160. The summed E-state index contributed by atoms with van der Waals surface area (Å²) in [5, 5.41) is 5.72. The van der Waals surface area contributed by atoms with E-state index in [2.05, 4.69) is 37.8 Å². The van der Waals surface area contributed by atoms with E-state index in [1.807, 2.05) is 24.5 Å². The highest BCUT2D eigenvalue weighted by atomic mass is 19.2. The second-order valence-electron chi connectivity index (χ2n) is 8.27. The molecule has 0 unspecified atom stereocenters. The molecule has 0 spiro atoms. The maximum atomic E-state index is 13.3. The Labute approximate surface area is 186 Å². The lowest BCUT2D eigenvalue weighted by Crippen LogP contribution is -2.24. The summed E-state index contributed by atoms with van der Waals surface area (Å²) < 4.78 is 34.2. The van der Waals surface area contributed by atoms with E-state index in [1.165, 1.54) is 32.0 Å². The third kappa shape index (κ3) is 4.53. The first-order valence-corrected chi connectivity index (χ1v) is 11.1. The molecule has 0 atom stereocenters. The van der Waals surface area contributed by atoms with Crippen molar-refractivity contribution in [2.45, 2.75) is 26.0 Å². The van der Waals surface area contributed by atoms with Crippen molar-refractivity contribution in [1.29, 1.82) is 0 Å². The third-order valence-corrected chi connectivity index (χ3v) is 6.08. The van der Waals surface area contributed by atoms with E-state index in [0.29, 0.717) is 17.9 Å². The van der Waals surface area contributed by atoms with E-state index >= 15 is 0 Å². The molecule has 0 saturated carbocycles. The minimum atomic E-state index is -0.861. The Morgan fingerprint density at radius 1 is 0.969 bits per heavy atom. The van der Waals surface area contributed by atoms with Gasteiger partial charge in [-0.05, 0) is 74.0 Å². The van der Waals surface area contributed by atoms with Gasteiger partial charge in [0.1, 0.15) is 12.4 Å². The second kappa shape index (κ2) is 9.12. The number of nitrogens with zero attached hydrogens (tertiary/aromatic N) is 4. The van der Waals surface area contributed by atoms with Crippen molar-refractivity contribution in [1.82, 2.24) is 14.7 Å². The van der Waals surface area contributed by atoms with Crippen molar-refractivity contribution in [2.75, 3.05) is 31.1 Å². The molecule has 32 heavy (non-hydrogen) atoms. The normalized spacial score (nSPS) is 16.7. The number of ether oxygens (including phenoxy) is 1. The number of aromatic nitrogens is 2. The number of likely N-dealkylation sites (tertiary alicyclic amines) is 1. The molecule has 1 aromatic heterocycles. The van der Waals surface area contributed by atoms with E-state index in [0.717, 1.165) is 41.8 Å². The molecule has 0 amide bonds. The molecular weight excluding hydrogens is 410 g/mol. The van der Waals surface area contributed by atoms with Crippen LogP contribution in [0.15, 0.2) is 66.7 Å². The molecule has 7 heteroatoms. The predicted molar refractivity (Wildman–Crippen MR) is 121 cm³/mol. The Morgan fingerprint density at radius 2 is 1.84 bits per heavy atom. The first kappa shape index (κ1) is 20.7. The number of anilines is 1. The average molecular weight is 437 g/mol. The summed E-state index contributed by atoms with van der Waals surface area (Å²) in [4.78, 5) is 4.63. The van der Waals surface area contributed by atoms with Crippen molar-refractivity contribution in [3.8, 4) is 0 Å². The van der Waals surface area contributed by atoms with Crippen LogP contribution in [0, 0.1) is 11.6 Å². The van der Waals surface area contributed by atoms with Gasteiger partial charge < -0.3 is 14.5 Å². The van der Waals surface area contributed by atoms with E-state index in [-0.39, 0.29) is 6.61 Å². The topological polar surface area (TPSA) is 33.5 Å². The summed E-state index contributed by atoms with van der Waals surface area (Å²) in [6.07, 6.45) is 10.4. The minimum absolute atomic E-state index is 0.190. The zero-order valence-corrected chi connectivity index (χ0v) is 17.9. The smallest absolute Gasteiger partial charge is 0.159 e. The van der Waals surface area contributed by atoms with Gasteiger partial charge >= 0.3 is 0 Å². The molecule has 3 heterocycles. The largest absolute Gasteiger partial charge is 0.489 e. The van der Waals surface area contributed by atoms with Crippen LogP contribution in [-0.2, 0) is 17.9 Å². The Hall–Kier alpha value is -3.19. The average Bonchev–Trinajstić information content (AvgIpc) is 3.48. The van der Waals surface area contributed by atoms with Gasteiger partial charge in [-0.25, -0.2) is 8.78 Å². The van der Waals surface area contributed by atoms with Gasteiger partial charge in [0.2, 0.25) is 0 Å². The van der Waals surface area contributed by atoms with Gasteiger partial charge in [-0.1, -0.05) is 6.07 Å². The summed E-state index contributed by atoms with van der Waals surface area (Å²) in [5.41, 5.74) is 2.83. The molecule has 166 valence electrons. The zero-order chi connectivity index (χ0) is 21.9. The summed E-state index contributed by atoms with van der Waals surface area (Å²) in [7, 11) is 0. The lowest BCUT2D eigenvalue weighted by molar-refractivity contribution is 0.209. The zero-order valence-electron chi connectivity index (χ0n) is 17.9. The fraction of sp³-hybridized carbons (Fsp3) is 0.320. The molecule has 1 saturated heterocycles. The molecule has 0 bridgehead atoms. The Kier molecular flexibility index (Phi) is 5.90. The number of rotatable bonds is 7. The van der Waals surface area contributed by atoms with Gasteiger partial charge in [0.15, 0.2) is 11.6 Å². The summed E-state index contributed by atoms with van der Waals surface area (Å²) in [5.74, 6) is -1.00. The molecular formula is C25H26F2N4O. The van der Waals surface area contributed by atoms with Crippen LogP contribution in [0.3, 0.4) is 0 Å². The first-order valence-electron chi connectivity index (χ1n) is 11.1. The lowest BCUT2D eigenvalue weighted by Gasteiger charge is -2.23. The van der Waals surface area contributed by atoms with E-state index in [4.69, 9.17) is 4.74 Å². The summed E-state index contributed by atoms with van der Waals surface area (Å²) in [6, 6.07) is 10.2. The fourth-order valence-corrected chi connectivity index (χ4v) is 4.25. The molecule has 1 fully saturated rings. The molecule has 5 nitrogen and oxygen atoms in total. The van der Waals surface area contributed by atoms with Crippen molar-refractivity contribution >= 4 is 16.6 Å². The van der Waals surface area contributed by atoms with Gasteiger partial charge in [0, 0.05) is 30.4 Å². The maximum Gasteiger partial charge on any atom is 0.159 e. The minimum Gasteiger partial charge on any atom is -0.489 e. The second-order valence-corrected chi connectivity index (χ2v) is 8.27. The van der Waals surface area contributed by atoms with Crippen LogP contribution in [0.25, 0.3) is 10.9 Å². The molecule has 3 aromatic rings. The SMILES string of the molecule is Fc1ccc(COC2=CCN(c3ccc4c(cnn4CCN4CCCC4)c3)C=C2)cc1F. The Balaban J connectivity index is 1.19. The number of hydrogen-bond donors (Lipinski definition) is 0. The van der Waals surface area contributed by atoms with Crippen molar-refractivity contribution in [3.63, 3.8) is 0 Å². The fourth-order valence-electron chi connectivity index (χ4n) is 4.25. The highest BCUT2D eigenvalue weighted by molar-refractivity contribution is 5.83. The van der Waals surface area contributed by atoms with Gasteiger partial charge in [-0.15, -0.1) is 0 Å². The van der Waals surface area contributed by atoms with Crippen LogP contribution in [-0.4, -0.2) is 40.9 Å². The highest BCUT2D eigenvalue weighted by Gasteiger charge is 2.13. The predicted octanol–water partition coefficient (Wildman–Crippen LogP) is 4.84. The summed E-state index contributed by atoms with van der Waals surface area (Å²) >= 11 is 0. The van der Waals surface area contributed by atoms with Crippen LogP contribution in [0.4, 0.5) is 14.5 Å². The van der Waals surface area contributed by atoms with Crippen LogP contribution < -0.4 is 4.90 Å². The molecule has 2 aromatic carbocycles. The van der Waals surface area contributed by atoms with E-state index < -0.39 is 11.6 Å². The molecule has 0 aliphatic carbocycles. The van der Waals surface area contributed by atoms with Crippen molar-refractivity contribution in [3.05, 3.63) is 83.9 Å². The van der Waals surface area contributed by atoms with Gasteiger partial charge in [0.05, 0.1) is 18.3 Å². The standard InChI is InChI=1S/C25H26F2N4O/c26-23-5-3-19(15-24(23)27)18-32-22-7-11-30(12-8-22)21-4-6-25-20(16-21)17-28-31(25)14-13-29-9-1-2-10-29/h3-8,11,15-17H,1-2,9-10,12-14,18H2. The quantitative estimate of drug-likeness (QED) is 0.531. The maximum absolute atomic E-state index is 13.3. The molecule has 0 radical (unpaired) electrons. The molecule has 2 aliphatic rings.